The maximum absolute atomic E-state index is 9.09. The van der Waals surface area contributed by atoms with Crippen LogP contribution in [0.5, 0.6) is 0 Å². The highest BCUT2D eigenvalue weighted by Crippen LogP contribution is 1.95. The van der Waals surface area contributed by atoms with Crippen LogP contribution in [0.2, 0.25) is 0 Å². The van der Waals surface area contributed by atoms with E-state index in [1.165, 1.54) is 0 Å². The molecule has 0 aromatic rings. The van der Waals surface area contributed by atoms with E-state index in [4.69, 9.17) is 19.9 Å². The van der Waals surface area contributed by atoms with E-state index in [0.717, 1.165) is 18.5 Å². The van der Waals surface area contributed by atoms with Crippen molar-refractivity contribution in [1.82, 2.24) is 0 Å². The van der Waals surface area contributed by atoms with E-state index in [0.29, 0.717) is 12.4 Å². The summed E-state index contributed by atoms with van der Waals surface area (Å²) in [6, 6.07) is 0. The minimum absolute atomic E-state index is 0.0330. The second-order valence-electron chi connectivity index (χ2n) is 2.33. The largest absolute Gasteiger partial charge is 0.391 e. The molecule has 0 aliphatic carbocycles. The number of aliphatic hydroxyl groups is 1. The van der Waals surface area contributed by atoms with Gasteiger partial charge in [-0.05, 0) is 24.0 Å². The molecule has 0 aromatic heterocycles. The van der Waals surface area contributed by atoms with Crippen LogP contribution in [-0.4, -0.2) is 41.3 Å². The van der Waals surface area contributed by atoms with Gasteiger partial charge in [0.25, 0.3) is 0 Å². The molecule has 0 rings (SSSR count). The van der Waals surface area contributed by atoms with E-state index in [-0.39, 0.29) is 13.2 Å². The summed E-state index contributed by atoms with van der Waals surface area (Å²) in [7, 11) is 0. The second kappa shape index (κ2) is 9.63. The van der Waals surface area contributed by atoms with Gasteiger partial charge in [0.2, 0.25) is 0 Å². The maximum Gasteiger partial charge on any atom is 0.0829 e. The number of aliphatic hydroxyl groups excluding tert-OH is 1. The SMILES string of the molecule is [N-]=[N+]=NCC(O)COCCCSO. The summed E-state index contributed by atoms with van der Waals surface area (Å²) in [4.78, 5) is 2.51. The van der Waals surface area contributed by atoms with Crippen molar-refractivity contribution >= 4 is 12.0 Å². The van der Waals surface area contributed by atoms with Crippen LogP contribution in [0.1, 0.15) is 6.42 Å². The van der Waals surface area contributed by atoms with Crippen LogP contribution in [0.4, 0.5) is 0 Å². The molecular weight excluding hydrogens is 194 g/mol. The van der Waals surface area contributed by atoms with E-state index in [2.05, 4.69) is 10.0 Å². The number of nitrogens with zero attached hydrogens (tertiary/aromatic N) is 3. The van der Waals surface area contributed by atoms with Crippen molar-refractivity contribution in [2.75, 3.05) is 25.5 Å². The molecule has 0 aromatic carbocycles. The van der Waals surface area contributed by atoms with Crippen molar-refractivity contribution in [3.63, 3.8) is 0 Å². The van der Waals surface area contributed by atoms with Crippen LogP contribution in [0, 0.1) is 0 Å². The van der Waals surface area contributed by atoms with Crippen LogP contribution in [-0.2, 0) is 4.74 Å². The van der Waals surface area contributed by atoms with Crippen molar-refractivity contribution in [2.24, 2.45) is 5.11 Å². The molecule has 7 heteroatoms. The molecule has 0 fully saturated rings. The Morgan fingerprint density at radius 1 is 1.62 bits per heavy atom. The summed E-state index contributed by atoms with van der Waals surface area (Å²) in [6.45, 7) is 0.682. The normalized spacial score (nSPS) is 12.2. The van der Waals surface area contributed by atoms with Gasteiger partial charge in [-0.25, -0.2) is 0 Å². The molecule has 6 nitrogen and oxygen atoms in total. The van der Waals surface area contributed by atoms with Crippen LogP contribution < -0.4 is 0 Å². The summed E-state index contributed by atoms with van der Waals surface area (Å²) < 4.78 is 13.4. The first-order valence-corrected chi connectivity index (χ1v) is 4.78. The van der Waals surface area contributed by atoms with Gasteiger partial charge >= 0.3 is 0 Å². The zero-order chi connectivity index (χ0) is 9.94. The van der Waals surface area contributed by atoms with Crippen LogP contribution in [0.25, 0.3) is 10.4 Å². The van der Waals surface area contributed by atoms with E-state index < -0.39 is 6.10 Å². The Hall–Kier alpha value is -0.460. The first-order valence-electron chi connectivity index (χ1n) is 3.84. The van der Waals surface area contributed by atoms with Gasteiger partial charge in [-0.2, -0.15) is 0 Å². The molecule has 0 saturated heterocycles. The zero-order valence-corrected chi connectivity index (χ0v) is 7.98. The Kier molecular flexibility index (Phi) is 9.29. The average Bonchev–Trinajstić information content (AvgIpc) is 2.14. The minimum Gasteiger partial charge on any atom is -0.391 e. The maximum atomic E-state index is 9.09. The van der Waals surface area contributed by atoms with Gasteiger partial charge in [-0.1, -0.05) is 5.11 Å². The van der Waals surface area contributed by atoms with E-state index >= 15 is 0 Å². The molecule has 1 atom stereocenters. The zero-order valence-electron chi connectivity index (χ0n) is 7.17. The molecule has 0 saturated carbocycles. The third-order valence-electron chi connectivity index (χ3n) is 1.19. The van der Waals surface area contributed by atoms with Crippen molar-refractivity contribution < 1.29 is 14.4 Å². The highest BCUT2D eigenvalue weighted by Gasteiger charge is 2.01. The molecule has 1 unspecified atom stereocenters. The third kappa shape index (κ3) is 9.45. The van der Waals surface area contributed by atoms with E-state index in [1.807, 2.05) is 0 Å². The number of hydrogen-bond acceptors (Lipinski definition) is 5. The smallest absolute Gasteiger partial charge is 0.0829 e. The first-order chi connectivity index (χ1) is 6.31. The topological polar surface area (TPSA) is 98.5 Å². The lowest BCUT2D eigenvalue weighted by Gasteiger charge is -2.07. The van der Waals surface area contributed by atoms with Crippen LogP contribution in [0.15, 0.2) is 5.11 Å². The Morgan fingerprint density at radius 2 is 2.38 bits per heavy atom. The molecule has 0 aliphatic rings. The molecule has 13 heavy (non-hydrogen) atoms. The van der Waals surface area contributed by atoms with Gasteiger partial charge in [0.15, 0.2) is 0 Å². The Balaban J connectivity index is 3.16. The summed E-state index contributed by atoms with van der Waals surface area (Å²) in [5.41, 5.74) is 7.93. The average molecular weight is 207 g/mol. The molecule has 2 N–H and O–H groups in total. The fourth-order valence-electron chi connectivity index (χ4n) is 0.628. The summed E-state index contributed by atoms with van der Waals surface area (Å²) >= 11 is 0.765. The number of ether oxygens (including phenoxy) is 1. The van der Waals surface area contributed by atoms with Crippen molar-refractivity contribution in [3.05, 3.63) is 10.4 Å². The molecule has 0 radical (unpaired) electrons. The van der Waals surface area contributed by atoms with Gasteiger partial charge in [0.1, 0.15) is 0 Å². The predicted octanol–water partition coefficient (Wildman–Crippen LogP) is 1.27. The third-order valence-corrected chi connectivity index (χ3v) is 1.66. The predicted molar refractivity (Wildman–Crippen MR) is 50.5 cm³/mol. The number of hydrogen-bond donors (Lipinski definition) is 2. The van der Waals surface area contributed by atoms with E-state index in [1.54, 1.807) is 0 Å². The standard InChI is InChI=1S/C6H13N3O3S/c7-9-8-4-6(10)5-12-2-1-3-13-11/h6,10-11H,1-5H2. The number of azide groups is 1. The van der Waals surface area contributed by atoms with E-state index in [9.17, 15) is 0 Å². The molecule has 0 aliphatic heterocycles. The van der Waals surface area contributed by atoms with Gasteiger partial charge < -0.3 is 14.4 Å². The fourth-order valence-corrected chi connectivity index (χ4v) is 0.875. The van der Waals surface area contributed by atoms with Gasteiger partial charge in [-0.15, -0.1) is 0 Å². The number of rotatable bonds is 8. The molecule has 0 amide bonds. The lowest BCUT2D eigenvalue weighted by Crippen LogP contribution is -2.18. The van der Waals surface area contributed by atoms with Crippen molar-refractivity contribution in [3.8, 4) is 0 Å². The monoisotopic (exact) mass is 207 g/mol. The van der Waals surface area contributed by atoms with Gasteiger partial charge in [0.05, 0.1) is 19.3 Å². The van der Waals surface area contributed by atoms with Gasteiger partial charge in [-0.3, -0.25) is 0 Å². The van der Waals surface area contributed by atoms with Crippen molar-refractivity contribution in [1.29, 1.82) is 0 Å². The molecule has 0 spiro atoms. The van der Waals surface area contributed by atoms with Crippen LogP contribution in [0.3, 0.4) is 0 Å². The second-order valence-corrected chi connectivity index (χ2v) is 3.00. The van der Waals surface area contributed by atoms with Crippen molar-refractivity contribution in [2.45, 2.75) is 12.5 Å². The summed E-state index contributed by atoms with van der Waals surface area (Å²) in [6.07, 6.45) is -0.00671. The fraction of sp³-hybridized carbons (Fsp3) is 1.00. The Morgan fingerprint density at radius 3 is 3.00 bits per heavy atom. The molecule has 0 bridgehead atoms. The summed E-state index contributed by atoms with van der Waals surface area (Å²) in [5.74, 6) is 0.618. The highest BCUT2D eigenvalue weighted by molar-refractivity contribution is 7.93. The highest BCUT2D eigenvalue weighted by atomic mass is 32.2. The first kappa shape index (κ1) is 12.5. The lowest BCUT2D eigenvalue weighted by molar-refractivity contribution is 0.0420. The lowest BCUT2D eigenvalue weighted by atomic mass is 10.4. The Bertz CT molecular complexity index is 163. The quantitative estimate of drug-likeness (QED) is 0.206. The Labute approximate surface area is 80.7 Å². The minimum atomic E-state index is -0.738. The van der Waals surface area contributed by atoms with Gasteiger partial charge in [0, 0.05) is 17.3 Å². The summed E-state index contributed by atoms with van der Waals surface area (Å²) in [5, 5.41) is 12.3. The molecule has 0 heterocycles. The molecular formula is C6H13N3O3S. The molecule has 76 valence electrons. The van der Waals surface area contributed by atoms with Crippen LogP contribution >= 0.6 is 12.0 Å².